The minimum absolute atomic E-state index is 0.00732. The molecule has 0 aliphatic rings. The number of nitrogens with one attached hydrogen (secondary N) is 1. The molecule has 0 radical (unpaired) electrons. The van der Waals surface area contributed by atoms with Gasteiger partial charge in [-0.1, -0.05) is 23.7 Å². The van der Waals surface area contributed by atoms with E-state index in [2.05, 4.69) is 9.71 Å². The second kappa shape index (κ2) is 7.51. The summed E-state index contributed by atoms with van der Waals surface area (Å²) in [5.41, 5.74) is 0.594. The highest BCUT2D eigenvalue weighted by Gasteiger charge is 2.21. The van der Waals surface area contributed by atoms with E-state index in [-0.39, 0.29) is 21.3 Å². The topological polar surface area (TPSA) is 79.3 Å². The molecule has 0 saturated carbocycles. The van der Waals surface area contributed by atoms with E-state index in [4.69, 9.17) is 11.6 Å². The zero-order chi connectivity index (χ0) is 19.8. The highest BCUT2D eigenvalue weighted by molar-refractivity contribution is 7.93. The number of benzene rings is 2. The van der Waals surface area contributed by atoms with Gasteiger partial charge < -0.3 is 5.11 Å². The number of aliphatic hydroxyl groups excluding tert-OH is 1. The SMILES string of the molecule is Cc1c(Cl)cccc1S(=O)(=O)Nc1nc(C(O)c2ccc(F)c(F)c2)cs1. The number of hydrogen-bond donors (Lipinski definition) is 2. The average molecular weight is 431 g/mol. The van der Waals surface area contributed by atoms with Gasteiger partial charge in [-0.2, -0.15) is 0 Å². The van der Waals surface area contributed by atoms with Crippen molar-refractivity contribution < 1.29 is 22.3 Å². The fourth-order valence-electron chi connectivity index (χ4n) is 2.36. The highest BCUT2D eigenvalue weighted by atomic mass is 35.5. The Morgan fingerprint density at radius 2 is 1.96 bits per heavy atom. The molecule has 1 unspecified atom stereocenters. The van der Waals surface area contributed by atoms with Crippen LogP contribution in [0.3, 0.4) is 0 Å². The van der Waals surface area contributed by atoms with Crippen LogP contribution in [-0.2, 0) is 10.0 Å². The van der Waals surface area contributed by atoms with Gasteiger partial charge in [-0.25, -0.2) is 22.2 Å². The summed E-state index contributed by atoms with van der Waals surface area (Å²) in [6.07, 6.45) is -1.33. The van der Waals surface area contributed by atoms with E-state index in [9.17, 15) is 22.3 Å². The molecule has 2 aromatic carbocycles. The third-order valence-corrected chi connectivity index (χ3v) is 6.59. The maximum atomic E-state index is 13.3. The molecule has 0 aliphatic carbocycles. The van der Waals surface area contributed by atoms with Gasteiger partial charge in [0.2, 0.25) is 0 Å². The van der Waals surface area contributed by atoms with E-state index in [1.54, 1.807) is 13.0 Å². The van der Waals surface area contributed by atoms with Crippen LogP contribution in [0.4, 0.5) is 13.9 Å². The number of thiazole rings is 1. The predicted molar refractivity (Wildman–Crippen MR) is 99.5 cm³/mol. The van der Waals surface area contributed by atoms with Crippen molar-refractivity contribution in [2.45, 2.75) is 17.9 Å². The molecule has 2 N–H and O–H groups in total. The molecule has 0 fully saturated rings. The number of aliphatic hydroxyl groups is 1. The molecule has 1 heterocycles. The molecule has 0 bridgehead atoms. The van der Waals surface area contributed by atoms with Crippen LogP contribution in [0.5, 0.6) is 0 Å². The molecule has 1 aromatic heterocycles. The quantitative estimate of drug-likeness (QED) is 0.633. The third-order valence-electron chi connectivity index (χ3n) is 3.79. The fourth-order valence-corrected chi connectivity index (χ4v) is 4.84. The highest BCUT2D eigenvalue weighted by Crippen LogP contribution is 2.29. The van der Waals surface area contributed by atoms with Gasteiger partial charge in [0.15, 0.2) is 16.8 Å². The van der Waals surface area contributed by atoms with Crippen molar-refractivity contribution in [3.63, 3.8) is 0 Å². The number of anilines is 1. The normalized spacial score (nSPS) is 12.8. The lowest BCUT2D eigenvalue weighted by Crippen LogP contribution is -2.14. The van der Waals surface area contributed by atoms with Crippen molar-refractivity contribution in [3.8, 4) is 0 Å². The Morgan fingerprint density at radius 3 is 2.67 bits per heavy atom. The Morgan fingerprint density at radius 1 is 1.22 bits per heavy atom. The smallest absolute Gasteiger partial charge is 0.263 e. The first-order valence-electron chi connectivity index (χ1n) is 7.55. The number of rotatable bonds is 5. The zero-order valence-electron chi connectivity index (χ0n) is 13.8. The first kappa shape index (κ1) is 19.7. The molecule has 10 heteroatoms. The minimum Gasteiger partial charge on any atom is -0.382 e. The van der Waals surface area contributed by atoms with Gasteiger partial charge in [0, 0.05) is 10.4 Å². The van der Waals surface area contributed by atoms with E-state index >= 15 is 0 Å². The maximum absolute atomic E-state index is 13.3. The Balaban J connectivity index is 1.85. The number of nitrogens with zero attached hydrogens (tertiary/aromatic N) is 1. The van der Waals surface area contributed by atoms with E-state index < -0.39 is 27.8 Å². The molecule has 3 aromatic rings. The largest absolute Gasteiger partial charge is 0.382 e. The molecule has 27 heavy (non-hydrogen) atoms. The number of halogens is 3. The van der Waals surface area contributed by atoms with Crippen molar-refractivity contribution in [1.82, 2.24) is 4.98 Å². The van der Waals surface area contributed by atoms with Gasteiger partial charge >= 0.3 is 0 Å². The molecule has 0 spiro atoms. The summed E-state index contributed by atoms with van der Waals surface area (Å²) in [6, 6.07) is 7.49. The maximum Gasteiger partial charge on any atom is 0.263 e. The Bertz CT molecular complexity index is 1100. The molecule has 142 valence electrons. The molecule has 0 amide bonds. The third kappa shape index (κ3) is 4.11. The summed E-state index contributed by atoms with van der Waals surface area (Å²) in [6.45, 7) is 1.58. The second-order valence-corrected chi connectivity index (χ2v) is 8.54. The lowest BCUT2D eigenvalue weighted by atomic mass is 10.1. The summed E-state index contributed by atoms with van der Waals surface area (Å²) >= 11 is 6.91. The van der Waals surface area contributed by atoms with Crippen LogP contribution in [0.2, 0.25) is 5.02 Å². The predicted octanol–water partition coefficient (Wildman–Crippen LogP) is 4.27. The van der Waals surface area contributed by atoms with E-state index in [0.29, 0.717) is 10.6 Å². The monoisotopic (exact) mass is 430 g/mol. The average Bonchev–Trinajstić information content (AvgIpc) is 3.06. The number of sulfonamides is 1. The zero-order valence-corrected chi connectivity index (χ0v) is 16.2. The molecule has 5 nitrogen and oxygen atoms in total. The van der Waals surface area contributed by atoms with Crippen LogP contribution >= 0.6 is 22.9 Å². The van der Waals surface area contributed by atoms with Crippen molar-refractivity contribution in [3.05, 3.63) is 75.3 Å². The van der Waals surface area contributed by atoms with Gasteiger partial charge in [-0.3, -0.25) is 4.72 Å². The molecule has 1 atom stereocenters. The first-order valence-corrected chi connectivity index (χ1v) is 10.3. The van der Waals surface area contributed by atoms with Gasteiger partial charge in [-0.05, 0) is 42.3 Å². The standard InChI is InChI=1S/C17H13ClF2N2O3S2/c1-9-11(18)3-2-4-15(9)27(24,25)22-17-21-14(8-26-17)16(23)10-5-6-12(19)13(20)7-10/h2-8,16,23H,1H3,(H,21,22). The summed E-state index contributed by atoms with van der Waals surface area (Å²) < 4.78 is 53.8. The molecule has 0 aliphatic heterocycles. The Kier molecular flexibility index (Phi) is 5.48. The van der Waals surface area contributed by atoms with E-state index in [1.165, 1.54) is 23.6 Å². The Hall–Kier alpha value is -2.07. The molecular formula is C17H13ClF2N2O3S2. The lowest BCUT2D eigenvalue weighted by Gasteiger charge is -2.10. The lowest BCUT2D eigenvalue weighted by molar-refractivity contribution is 0.215. The summed E-state index contributed by atoms with van der Waals surface area (Å²) in [5.74, 6) is -2.13. The van der Waals surface area contributed by atoms with Gasteiger partial charge in [0.1, 0.15) is 6.10 Å². The molecule has 0 saturated heterocycles. The van der Waals surface area contributed by atoms with Crippen LogP contribution < -0.4 is 4.72 Å². The first-order chi connectivity index (χ1) is 12.7. The van der Waals surface area contributed by atoms with Crippen LogP contribution in [0, 0.1) is 18.6 Å². The van der Waals surface area contributed by atoms with Crippen molar-refractivity contribution in [2.24, 2.45) is 0 Å². The minimum atomic E-state index is -3.93. The summed E-state index contributed by atoms with van der Waals surface area (Å²) in [7, 11) is -3.93. The van der Waals surface area contributed by atoms with Gasteiger partial charge in [-0.15, -0.1) is 11.3 Å². The van der Waals surface area contributed by atoms with Crippen LogP contribution in [0.1, 0.15) is 22.9 Å². The van der Waals surface area contributed by atoms with Gasteiger partial charge in [0.25, 0.3) is 10.0 Å². The van der Waals surface area contributed by atoms with Crippen molar-refractivity contribution in [1.29, 1.82) is 0 Å². The van der Waals surface area contributed by atoms with E-state index in [0.717, 1.165) is 23.5 Å². The Labute approximate surface area is 163 Å². The van der Waals surface area contributed by atoms with Crippen LogP contribution in [-0.4, -0.2) is 18.5 Å². The summed E-state index contributed by atoms with van der Waals surface area (Å²) in [5, 5.41) is 12.0. The van der Waals surface area contributed by atoms with E-state index in [1.807, 2.05) is 0 Å². The van der Waals surface area contributed by atoms with Crippen LogP contribution in [0.25, 0.3) is 0 Å². The van der Waals surface area contributed by atoms with Crippen LogP contribution in [0.15, 0.2) is 46.7 Å². The van der Waals surface area contributed by atoms with Gasteiger partial charge in [0.05, 0.1) is 10.6 Å². The molecular weight excluding hydrogens is 418 g/mol. The number of hydrogen-bond acceptors (Lipinski definition) is 5. The van der Waals surface area contributed by atoms with Crippen molar-refractivity contribution >= 4 is 38.1 Å². The second-order valence-electron chi connectivity index (χ2n) is 5.62. The van der Waals surface area contributed by atoms with Crippen molar-refractivity contribution in [2.75, 3.05) is 4.72 Å². The summed E-state index contributed by atoms with van der Waals surface area (Å²) in [4.78, 5) is 4.04. The molecule has 3 rings (SSSR count). The number of aromatic nitrogens is 1. The fraction of sp³-hybridized carbons (Fsp3) is 0.118.